The largest absolute Gasteiger partial charge is 0.391 e. The summed E-state index contributed by atoms with van der Waals surface area (Å²) in [5.41, 5.74) is 6.49. The standard InChI is InChI=1S/C15H19F3N2O/c16-15(17,18)11-7-4-8-12(9-11)20-14(21)13(19)10-5-2-1-3-6-10/h1-3,5-6,11-13H,4,7-9,19H2,(H,20,21)/t11?,12?,13-/m1/s1. The first-order valence-corrected chi connectivity index (χ1v) is 7.05. The first-order chi connectivity index (χ1) is 9.88. The Morgan fingerprint density at radius 1 is 1.24 bits per heavy atom. The maximum absolute atomic E-state index is 12.7. The maximum atomic E-state index is 12.7. The van der Waals surface area contributed by atoms with Gasteiger partial charge in [-0.25, -0.2) is 0 Å². The Labute approximate surface area is 121 Å². The van der Waals surface area contributed by atoms with Crippen LogP contribution in [0.4, 0.5) is 13.2 Å². The van der Waals surface area contributed by atoms with Gasteiger partial charge in [0.15, 0.2) is 0 Å². The molecule has 1 aliphatic rings. The second-order valence-electron chi connectivity index (χ2n) is 5.50. The van der Waals surface area contributed by atoms with Crippen LogP contribution in [0.1, 0.15) is 37.3 Å². The zero-order valence-corrected chi connectivity index (χ0v) is 11.6. The third-order valence-corrected chi connectivity index (χ3v) is 3.92. The van der Waals surface area contributed by atoms with Gasteiger partial charge >= 0.3 is 6.18 Å². The number of rotatable bonds is 3. The molecule has 3 N–H and O–H groups in total. The molecule has 0 aromatic heterocycles. The van der Waals surface area contributed by atoms with Gasteiger partial charge in [0.25, 0.3) is 0 Å². The molecule has 0 radical (unpaired) electrons. The summed E-state index contributed by atoms with van der Waals surface area (Å²) < 4.78 is 38.2. The zero-order chi connectivity index (χ0) is 15.5. The van der Waals surface area contributed by atoms with Gasteiger partial charge in [-0.15, -0.1) is 0 Å². The fourth-order valence-electron chi connectivity index (χ4n) is 2.72. The first kappa shape index (κ1) is 15.8. The summed E-state index contributed by atoms with van der Waals surface area (Å²) >= 11 is 0. The average Bonchev–Trinajstić information content (AvgIpc) is 2.47. The second kappa shape index (κ2) is 6.47. The van der Waals surface area contributed by atoms with Crippen molar-refractivity contribution >= 4 is 5.91 Å². The van der Waals surface area contributed by atoms with E-state index >= 15 is 0 Å². The number of nitrogens with one attached hydrogen (secondary N) is 1. The van der Waals surface area contributed by atoms with E-state index in [0.29, 0.717) is 18.4 Å². The van der Waals surface area contributed by atoms with E-state index in [-0.39, 0.29) is 12.8 Å². The normalized spacial score (nSPS) is 24.4. The summed E-state index contributed by atoms with van der Waals surface area (Å²) in [6.45, 7) is 0. The fraction of sp³-hybridized carbons (Fsp3) is 0.533. The van der Waals surface area contributed by atoms with Crippen molar-refractivity contribution in [2.75, 3.05) is 0 Å². The Kier molecular flexibility index (Phi) is 4.88. The summed E-state index contributed by atoms with van der Waals surface area (Å²) in [5, 5.41) is 2.66. The number of benzene rings is 1. The number of halogens is 3. The van der Waals surface area contributed by atoms with Crippen LogP contribution in [-0.4, -0.2) is 18.1 Å². The van der Waals surface area contributed by atoms with Gasteiger partial charge in [0.2, 0.25) is 5.91 Å². The van der Waals surface area contributed by atoms with Crippen molar-refractivity contribution in [1.29, 1.82) is 0 Å². The SMILES string of the molecule is N[C@@H](C(=O)NC1CCCC(C(F)(F)F)C1)c1ccccc1. The molecule has 1 aromatic carbocycles. The third-order valence-electron chi connectivity index (χ3n) is 3.92. The lowest BCUT2D eigenvalue weighted by atomic mass is 9.85. The lowest BCUT2D eigenvalue weighted by Gasteiger charge is -2.31. The van der Waals surface area contributed by atoms with Gasteiger partial charge in [-0.2, -0.15) is 13.2 Å². The molecule has 2 unspecified atom stereocenters. The predicted octanol–water partition coefficient (Wildman–Crippen LogP) is 2.92. The van der Waals surface area contributed by atoms with Crippen molar-refractivity contribution < 1.29 is 18.0 Å². The molecule has 1 aliphatic carbocycles. The second-order valence-corrected chi connectivity index (χ2v) is 5.50. The van der Waals surface area contributed by atoms with Gasteiger partial charge in [0.05, 0.1) is 5.92 Å². The molecular formula is C15H19F3N2O. The van der Waals surface area contributed by atoms with E-state index in [2.05, 4.69) is 5.32 Å². The quantitative estimate of drug-likeness (QED) is 0.902. The molecular weight excluding hydrogens is 281 g/mol. The van der Waals surface area contributed by atoms with E-state index in [1.54, 1.807) is 24.3 Å². The van der Waals surface area contributed by atoms with Crippen LogP contribution >= 0.6 is 0 Å². The molecule has 1 saturated carbocycles. The van der Waals surface area contributed by atoms with Crippen LogP contribution in [-0.2, 0) is 4.79 Å². The van der Waals surface area contributed by atoms with Crippen LogP contribution in [0.3, 0.4) is 0 Å². The van der Waals surface area contributed by atoms with Crippen LogP contribution in [0.5, 0.6) is 0 Å². The average molecular weight is 300 g/mol. The van der Waals surface area contributed by atoms with E-state index in [4.69, 9.17) is 5.73 Å². The van der Waals surface area contributed by atoms with Gasteiger partial charge in [-0.1, -0.05) is 36.8 Å². The lowest BCUT2D eigenvalue weighted by molar-refractivity contribution is -0.184. The number of carbonyl (C=O) groups is 1. The highest BCUT2D eigenvalue weighted by Crippen LogP contribution is 2.37. The minimum atomic E-state index is -4.19. The minimum Gasteiger partial charge on any atom is -0.352 e. The summed E-state index contributed by atoms with van der Waals surface area (Å²) in [6.07, 6.45) is -3.07. The molecule has 1 fully saturated rings. The minimum absolute atomic E-state index is 0.0588. The van der Waals surface area contributed by atoms with Gasteiger partial charge in [0.1, 0.15) is 6.04 Å². The molecule has 2 rings (SSSR count). The Hall–Kier alpha value is -1.56. The number of carbonyl (C=O) groups excluding carboxylic acids is 1. The molecule has 1 amide bonds. The highest BCUT2D eigenvalue weighted by atomic mass is 19.4. The number of hydrogen-bond donors (Lipinski definition) is 2. The van der Waals surface area contributed by atoms with Crippen molar-refractivity contribution in [2.45, 2.75) is 43.9 Å². The van der Waals surface area contributed by atoms with Crippen LogP contribution in [0, 0.1) is 5.92 Å². The maximum Gasteiger partial charge on any atom is 0.391 e. The predicted molar refractivity (Wildman–Crippen MR) is 73.3 cm³/mol. The molecule has 116 valence electrons. The van der Waals surface area contributed by atoms with Crippen LogP contribution in [0.25, 0.3) is 0 Å². The van der Waals surface area contributed by atoms with Crippen molar-refractivity contribution in [1.82, 2.24) is 5.32 Å². The Morgan fingerprint density at radius 3 is 2.52 bits per heavy atom. The van der Waals surface area contributed by atoms with Crippen LogP contribution in [0.15, 0.2) is 30.3 Å². The van der Waals surface area contributed by atoms with Gasteiger partial charge < -0.3 is 11.1 Å². The van der Waals surface area contributed by atoms with Gasteiger partial charge in [0, 0.05) is 6.04 Å². The highest BCUT2D eigenvalue weighted by molar-refractivity contribution is 5.83. The van der Waals surface area contributed by atoms with Crippen molar-refractivity contribution in [2.24, 2.45) is 11.7 Å². The molecule has 6 heteroatoms. The summed E-state index contributed by atoms with van der Waals surface area (Å²) in [5.74, 6) is -1.75. The Morgan fingerprint density at radius 2 is 1.90 bits per heavy atom. The number of hydrogen-bond acceptors (Lipinski definition) is 2. The van der Waals surface area contributed by atoms with E-state index in [0.717, 1.165) is 0 Å². The fourth-order valence-corrected chi connectivity index (χ4v) is 2.72. The topological polar surface area (TPSA) is 55.1 Å². The molecule has 0 heterocycles. The Balaban J connectivity index is 1.93. The Bertz CT molecular complexity index is 476. The van der Waals surface area contributed by atoms with Gasteiger partial charge in [-0.05, 0) is 24.8 Å². The van der Waals surface area contributed by atoms with E-state index in [9.17, 15) is 18.0 Å². The molecule has 0 saturated heterocycles. The van der Waals surface area contributed by atoms with E-state index in [1.165, 1.54) is 0 Å². The third kappa shape index (κ3) is 4.20. The lowest BCUT2D eigenvalue weighted by Crippen LogP contribution is -2.44. The van der Waals surface area contributed by atoms with Crippen molar-refractivity contribution in [3.8, 4) is 0 Å². The molecule has 0 bridgehead atoms. The number of amides is 1. The summed E-state index contributed by atoms with van der Waals surface area (Å²) in [7, 11) is 0. The van der Waals surface area contributed by atoms with Crippen LogP contribution < -0.4 is 11.1 Å². The molecule has 1 aromatic rings. The number of nitrogens with two attached hydrogens (primary N) is 1. The zero-order valence-electron chi connectivity index (χ0n) is 11.6. The molecule has 3 nitrogen and oxygen atoms in total. The van der Waals surface area contributed by atoms with Crippen molar-refractivity contribution in [3.63, 3.8) is 0 Å². The highest BCUT2D eigenvalue weighted by Gasteiger charge is 2.42. The van der Waals surface area contributed by atoms with Gasteiger partial charge in [-0.3, -0.25) is 4.79 Å². The molecule has 3 atom stereocenters. The van der Waals surface area contributed by atoms with E-state index in [1.807, 2.05) is 6.07 Å². The molecule has 21 heavy (non-hydrogen) atoms. The smallest absolute Gasteiger partial charge is 0.352 e. The van der Waals surface area contributed by atoms with Crippen LogP contribution in [0.2, 0.25) is 0 Å². The number of alkyl halides is 3. The summed E-state index contributed by atoms with van der Waals surface area (Å²) in [6, 6.07) is 7.49. The van der Waals surface area contributed by atoms with E-state index < -0.39 is 30.1 Å². The first-order valence-electron chi connectivity index (χ1n) is 7.05. The van der Waals surface area contributed by atoms with Crippen molar-refractivity contribution in [3.05, 3.63) is 35.9 Å². The summed E-state index contributed by atoms with van der Waals surface area (Å²) in [4.78, 5) is 12.1. The molecule has 0 spiro atoms. The monoisotopic (exact) mass is 300 g/mol. The molecule has 0 aliphatic heterocycles.